The lowest BCUT2D eigenvalue weighted by molar-refractivity contribution is -0.180. The highest BCUT2D eigenvalue weighted by Gasteiger charge is 2.65. The van der Waals surface area contributed by atoms with E-state index in [1.54, 1.807) is 7.11 Å². The van der Waals surface area contributed by atoms with Crippen molar-refractivity contribution >= 4 is 5.97 Å². The van der Waals surface area contributed by atoms with Gasteiger partial charge < -0.3 is 18.9 Å². The molecule has 1 unspecified atom stereocenters. The molecule has 2 saturated heterocycles. The fraction of sp³-hybridized carbons (Fsp3) is 0.533. The highest BCUT2D eigenvalue weighted by molar-refractivity contribution is 5.76. The molecule has 5 atom stereocenters. The summed E-state index contributed by atoms with van der Waals surface area (Å²) < 4.78 is 21.9. The minimum absolute atomic E-state index is 0.0229. The van der Waals surface area contributed by atoms with E-state index in [1.165, 1.54) is 0 Å². The van der Waals surface area contributed by atoms with Crippen LogP contribution in [0.3, 0.4) is 0 Å². The fourth-order valence-electron chi connectivity index (χ4n) is 3.37. The number of fused-ring (bicyclic) bond motifs is 1. The largest absolute Gasteiger partial charge is 0.497 e. The zero-order chi connectivity index (χ0) is 13.7. The monoisotopic (exact) mass is 276 g/mol. The van der Waals surface area contributed by atoms with Crippen LogP contribution in [0.1, 0.15) is 12.0 Å². The zero-order valence-electron chi connectivity index (χ0n) is 11.2. The first-order valence-electron chi connectivity index (χ1n) is 6.87. The number of benzene rings is 1. The normalized spacial score (nSPS) is 37.2. The molecule has 3 fully saturated rings. The molecule has 5 heteroatoms. The fourth-order valence-corrected chi connectivity index (χ4v) is 3.37. The lowest BCUT2D eigenvalue weighted by atomic mass is 9.67. The number of ether oxygens (including phenoxy) is 4. The molecule has 0 N–H and O–H groups in total. The van der Waals surface area contributed by atoms with Crippen molar-refractivity contribution in [3.05, 3.63) is 29.8 Å². The second kappa shape index (κ2) is 4.46. The molecule has 2 bridgehead atoms. The van der Waals surface area contributed by atoms with Gasteiger partial charge in [0.2, 0.25) is 6.29 Å². The van der Waals surface area contributed by atoms with Crippen LogP contribution in [0.15, 0.2) is 24.3 Å². The Morgan fingerprint density at radius 1 is 1.30 bits per heavy atom. The Bertz CT molecular complexity index is 526. The Morgan fingerprint density at radius 2 is 2.10 bits per heavy atom. The molecule has 5 nitrogen and oxygen atoms in total. The summed E-state index contributed by atoms with van der Waals surface area (Å²) in [6.07, 6.45) is 0.337. The van der Waals surface area contributed by atoms with Crippen LogP contribution in [0.25, 0.3) is 0 Å². The highest BCUT2D eigenvalue weighted by atomic mass is 16.7. The summed E-state index contributed by atoms with van der Waals surface area (Å²) in [6, 6.07) is 7.71. The maximum Gasteiger partial charge on any atom is 0.314 e. The Labute approximate surface area is 116 Å². The smallest absolute Gasteiger partial charge is 0.314 e. The molecule has 1 aliphatic carbocycles. The number of rotatable bonds is 4. The maximum atomic E-state index is 11.8. The van der Waals surface area contributed by atoms with Crippen molar-refractivity contribution in [1.82, 2.24) is 0 Å². The van der Waals surface area contributed by atoms with E-state index in [-0.39, 0.29) is 30.4 Å². The Kier molecular flexibility index (Phi) is 2.72. The summed E-state index contributed by atoms with van der Waals surface area (Å²) in [5, 5.41) is 0. The number of hydrogen-bond acceptors (Lipinski definition) is 5. The van der Waals surface area contributed by atoms with Crippen LogP contribution in [0.4, 0.5) is 0 Å². The van der Waals surface area contributed by atoms with Crippen molar-refractivity contribution in [2.45, 2.75) is 31.5 Å². The minimum atomic E-state index is -0.344. The third-order valence-electron chi connectivity index (χ3n) is 4.46. The first-order valence-corrected chi connectivity index (χ1v) is 6.87. The Balaban J connectivity index is 1.41. The summed E-state index contributed by atoms with van der Waals surface area (Å²) in [5.74, 6) is 0.803. The van der Waals surface area contributed by atoms with E-state index in [9.17, 15) is 4.79 Å². The molecule has 2 aliphatic heterocycles. The van der Waals surface area contributed by atoms with Gasteiger partial charge in [-0.15, -0.1) is 0 Å². The molecule has 4 rings (SSSR count). The van der Waals surface area contributed by atoms with Gasteiger partial charge in [-0.2, -0.15) is 0 Å². The van der Waals surface area contributed by atoms with Crippen LogP contribution in [0, 0.1) is 11.8 Å². The van der Waals surface area contributed by atoms with E-state index < -0.39 is 0 Å². The highest BCUT2D eigenvalue weighted by Crippen LogP contribution is 2.52. The minimum Gasteiger partial charge on any atom is -0.497 e. The van der Waals surface area contributed by atoms with Gasteiger partial charge in [-0.25, -0.2) is 0 Å². The molecule has 0 aromatic heterocycles. The van der Waals surface area contributed by atoms with Gasteiger partial charge >= 0.3 is 5.97 Å². The van der Waals surface area contributed by atoms with Crippen molar-refractivity contribution in [3.8, 4) is 5.75 Å². The van der Waals surface area contributed by atoms with Gasteiger partial charge in [-0.05, 0) is 17.7 Å². The van der Waals surface area contributed by atoms with E-state index in [0.717, 1.165) is 17.7 Å². The Morgan fingerprint density at radius 3 is 2.85 bits per heavy atom. The first-order chi connectivity index (χ1) is 9.76. The van der Waals surface area contributed by atoms with E-state index in [4.69, 9.17) is 18.9 Å². The molecule has 0 amide bonds. The van der Waals surface area contributed by atoms with E-state index >= 15 is 0 Å². The van der Waals surface area contributed by atoms with Gasteiger partial charge in [0.15, 0.2) is 0 Å². The van der Waals surface area contributed by atoms with E-state index in [2.05, 4.69) is 0 Å². The molecule has 1 aromatic carbocycles. The van der Waals surface area contributed by atoms with Crippen molar-refractivity contribution in [2.75, 3.05) is 7.11 Å². The second-order valence-corrected chi connectivity index (χ2v) is 5.52. The summed E-state index contributed by atoms with van der Waals surface area (Å²) in [6.45, 7) is 0.468. The summed E-state index contributed by atoms with van der Waals surface area (Å²) in [7, 11) is 1.64. The lowest BCUT2D eigenvalue weighted by Gasteiger charge is -2.44. The molecule has 0 radical (unpaired) electrons. The van der Waals surface area contributed by atoms with Gasteiger partial charge in [-0.3, -0.25) is 4.79 Å². The van der Waals surface area contributed by atoms with Crippen LogP contribution in [-0.2, 0) is 25.6 Å². The third-order valence-corrected chi connectivity index (χ3v) is 4.46. The number of carbonyl (C=O) groups is 1. The lowest BCUT2D eigenvalue weighted by Crippen LogP contribution is -2.58. The average Bonchev–Trinajstić information content (AvgIpc) is 2.64. The van der Waals surface area contributed by atoms with E-state index in [0.29, 0.717) is 12.5 Å². The Hall–Kier alpha value is -1.59. The second-order valence-electron chi connectivity index (χ2n) is 5.52. The van der Waals surface area contributed by atoms with E-state index in [1.807, 2.05) is 24.3 Å². The number of methoxy groups -OCH3 is 1. The van der Waals surface area contributed by atoms with Gasteiger partial charge in [0.25, 0.3) is 0 Å². The molecular formula is C15H16O5. The number of esters is 1. The third kappa shape index (κ3) is 1.73. The van der Waals surface area contributed by atoms with Gasteiger partial charge in [-0.1, -0.05) is 12.1 Å². The summed E-state index contributed by atoms with van der Waals surface area (Å²) in [5.41, 5.74) is 1.05. The van der Waals surface area contributed by atoms with Gasteiger partial charge in [0.1, 0.15) is 5.75 Å². The van der Waals surface area contributed by atoms with Crippen LogP contribution in [0.2, 0.25) is 0 Å². The molecule has 1 saturated carbocycles. The maximum absolute atomic E-state index is 11.8. The van der Waals surface area contributed by atoms with Crippen molar-refractivity contribution < 1.29 is 23.7 Å². The average molecular weight is 276 g/mol. The van der Waals surface area contributed by atoms with Crippen LogP contribution < -0.4 is 4.74 Å². The molecule has 20 heavy (non-hydrogen) atoms. The van der Waals surface area contributed by atoms with Gasteiger partial charge in [0, 0.05) is 12.3 Å². The first kappa shape index (κ1) is 12.2. The predicted molar refractivity (Wildman–Crippen MR) is 67.9 cm³/mol. The number of carbonyl (C=O) groups excluding carboxylic acids is 1. The molecule has 1 aromatic rings. The molecule has 0 spiro atoms. The zero-order valence-corrected chi connectivity index (χ0v) is 11.2. The molecule has 106 valence electrons. The van der Waals surface area contributed by atoms with Crippen molar-refractivity contribution in [1.29, 1.82) is 0 Å². The molecule has 2 heterocycles. The van der Waals surface area contributed by atoms with Crippen LogP contribution >= 0.6 is 0 Å². The molecular weight excluding hydrogens is 260 g/mol. The SMILES string of the molecule is COc1ccc(CO[C@H]2[C@@H]3OC4C[C@@H]3[C@@H]2C(=O)O4)cc1. The van der Waals surface area contributed by atoms with Crippen molar-refractivity contribution in [3.63, 3.8) is 0 Å². The standard InChI is InChI=1S/C15H16O5/c1-17-9-4-2-8(3-5-9)7-18-14-12-10-6-11(19-13(10)14)20-15(12)16/h2-5,10-14H,6-7H2,1H3/t10-,11?,12+,13-,14-/m1/s1. The van der Waals surface area contributed by atoms with Crippen molar-refractivity contribution in [2.24, 2.45) is 11.8 Å². The summed E-state index contributed by atoms with van der Waals surface area (Å²) >= 11 is 0. The molecule has 3 aliphatic rings. The topological polar surface area (TPSA) is 54.0 Å². The predicted octanol–water partition coefficient (Wildman–Crippen LogP) is 1.50. The summed E-state index contributed by atoms with van der Waals surface area (Å²) in [4.78, 5) is 11.8. The number of hydrogen-bond donors (Lipinski definition) is 0. The van der Waals surface area contributed by atoms with Crippen LogP contribution in [0.5, 0.6) is 5.75 Å². The quantitative estimate of drug-likeness (QED) is 0.780. The van der Waals surface area contributed by atoms with Crippen LogP contribution in [-0.4, -0.2) is 31.6 Å². The van der Waals surface area contributed by atoms with Gasteiger partial charge in [0.05, 0.1) is 31.8 Å².